The van der Waals surface area contributed by atoms with Crippen molar-refractivity contribution >= 4 is 28.3 Å². The number of rotatable bonds is 4. The molecule has 0 unspecified atom stereocenters. The van der Waals surface area contributed by atoms with Gasteiger partial charge in [-0.15, -0.1) is 0 Å². The molecule has 1 aliphatic carbocycles. The SMILES string of the molecule is O=c1nc(NCC2CC2)c2ccc(Cl)cc2n1-c1cccc(F)c1. The highest BCUT2D eigenvalue weighted by Crippen LogP contribution is 2.30. The normalized spacial score (nSPS) is 14.1. The lowest BCUT2D eigenvalue weighted by molar-refractivity contribution is 0.626. The highest BCUT2D eigenvalue weighted by atomic mass is 35.5. The molecular weight excluding hydrogens is 329 g/mol. The molecule has 0 atom stereocenters. The molecule has 2 aromatic carbocycles. The van der Waals surface area contributed by atoms with Crippen molar-refractivity contribution in [2.45, 2.75) is 12.8 Å². The lowest BCUT2D eigenvalue weighted by atomic mass is 10.2. The molecule has 1 fully saturated rings. The third kappa shape index (κ3) is 2.87. The summed E-state index contributed by atoms with van der Waals surface area (Å²) in [5.74, 6) is 0.788. The largest absolute Gasteiger partial charge is 0.369 e. The van der Waals surface area contributed by atoms with Gasteiger partial charge in [0.15, 0.2) is 0 Å². The summed E-state index contributed by atoms with van der Waals surface area (Å²) in [4.78, 5) is 16.8. The number of anilines is 1. The van der Waals surface area contributed by atoms with Crippen molar-refractivity contribution in [1.29, 1.82) is 0 Å². The Morgan fingerprint density at radius 3 is 2.83 bits per heavy atom. The predicted octanol–water partition coefficient (Wildman–Crippen LogP) is 4.00. The van der Waals surface area contributed by atoms with Gasteiger partial charge in [-0.25, -0.2) is 9.18 Å². The summed E-state index contributed by atoms with van der Waals surface area (Å²) in [6.07, 6.45) is 2.41. The first kappa shape index (κ1) is 15.1. The zero-order valence-corrected chi connectivity index (χ0v) is 13.6. The molecule has 6 heteroatoms. The van der Waals surface area contributed by atoms with Gasteiger partial charge in [0.05, 0.1) is 11.2 Å². The molecule has 1 aromatic heterocycles. The molecule has 122 valence electrons. The van der Waals surface area contributed by atoms with E-state index < -0.39 is 11.5 Å². The minimum Gasteiger partial charge on any atom is -0.369 e. The summed E-state index contributed by atoms with van der Waals surface area (Å²) in [5.41, 5.74) is 0.563. The third-order valence-corrected chi connectivity index (χ3v) is 4.41. The molecule has 0 aliphatic heterocycles. The molecule has 4 rings (SSSR count). The van der Waals surface area contributed by atoms with Crippen LogP contribution in [0.15, 0.2) is 47.3 Å². The van der Waals surface area contributed by atoms with Crippen molar-refractivity contribution in [2.75, 3.05) is 11.9 Å². The summed E-state index contributed by atoms with van der Waals surface area (Å²) in [6, 6.07) is 11.2. The minimum atomic E-state index is -0.464. The number of hydrogen-bond donors (Lipinski definition) is 1. The second-order valence-electron chi connectivity index (χ2n) is 6.04. The number of halogens is 2. The standard InChI is InChI=1S/C18H15ClFN3O/c19-12-6-7-15-16(8-12)23(14-3-1-2-13(20)9-14)18(24)22-17(15)21-10-11-4-5-11/h1-3,6-9,11H,4-5,10H2,(H,21,22,24). The number of fused-ring (bicyclic) bond motifs is 1. The van der Waals surface area contributed by atoms with Gasteiger partial charge >= 0.3 is 5.69 Å². The molecule has 0 bridgehead atoms. The smallest absolute Gasteiger partial charge is 0.354 e. The topological polar surface area (TPSA) is 46.9 Å². The van der Waals surface area contributed by atoms with Crippen LogP contribution in [-0.2, 0) is 0 Å². The maximum atomic E-state index is 13.6. The van der Waals surface area contributed by atoms with Crippen LogP contribution < -0.4 is 11.0 Å². The van der Waals surface area contributed by atoms with Crippen molar-refractivity contribution in [3.05, 3.63) is 63.8 Å². The molecule has 24 heavy (non-hydrogen) atoms. The van der Waals surface area contributed by atoms with E-state index in [0.717, 1.165) is 11.9 Å². The van der Waals surface area contributed by atoms with Gasteiger partial charge in [0, 0.05) is 17.0 Å². The van der Waals surface area contributed by atoms with E-state index in [0.29, 0.717) is 28.0 Å². The Hall–Kier alpha value is -2.40. The molecule has 1 heterocycles. The van der Waals surface area contributed by atoms with Gasteiger partial charge in [-0.05, 0) is 55.2 Å². The zero-order valence-electron chi connectivity index (χ0n) is 12.8. The molecule has 0 spiro atoms. The maximum absolute atomic E-state index is 13.6. The van der Waals surface area contributed by atoms with Crippen LogP contribution in [0.5, 0.6) is 0 Å². The van der Waals surface area contributed by atoms with Crippen molar-refractivity contribution in [1.82, 2.24) is 9.55 Å². The lowest BCUT2D eigenvalue weighted by Gasteiger charge is -2.14. The molecule has 0 saturated heterocycles. The summed E-state index contributed by atoms with van der Waals surface area (Å²) >= 11 is 6.12. The number of aromatic nitrogens is 2. The van der Waals surface area contributed by atoms with Gasteiger partial charge in [0.2, 0.25) is 0 Å². The summed E-state index contributed by atoms with van der Waals surface area (Å²) in [5, 5.41) is 4.55. The van der Waals surface area contributed by atoms with Crippen molar-refractivity contribution in [3.63, 3.8) is 0 Å². The summed E-state index contributed by atoms with van der Waals surface area (Å²) in [6.45, 7) is 0.800. The molecule has 1 aliphatic rings. The lowest BCUT2D eigenvalue weighted by Crippen LogP contribution is -2.24. The first-order valence-electron chi connectivity index (χ1n) is 7.84. The van der Waals surface area contributed by atoms with E-state index in [4.69, 9.17) is 11.6 Å². The Labute approximate surface area is 142 Å². The Morgan fingerprint density at radius 2 is 2.08 bits per heavy atom. The van der Waals surface area contributed by atoms with Crippen molar-refractivity contribution in [2.24, 2.45) is 5.92 Å². The number of nitrogens with zero attached hydrogens (tertiary/aromatic N) is 2. The zero-order chi connectivity index (χ0) is 16.7. The van der Waals surface area contributed by atoms with E-state index in [1.165, 1.54) is 29.5 Å². The fourth-order valence-corrected chi connectivity index (χ4v) is 2.93. The number of nitrogens with one attached hydrogen (secondary N) is 1. The van der Waals surface area contributed by atoms with Gasteiger partial charge in [0.1, 0.15) is 11.6 Å². The van der Waals surface area contributed by atoms with E-state index in [1.807, 2.05) is 6.07 Å². The Morgan fingerprint density at radius 1 is 1.25 bits per heavy atom. The van der Waals surface area contributed by atoms with Crippen LogP contribution in [0.2, 0.25) is 5.02 Å². The quantitative estimate of drug-likeness (QED) is 0.779. The van der Waals surface area contributed by atoms with Gasteiger partial charge < -0.3 is 5.32 Å². The van der Waals surface area contributed by atoms with Crippen LogP contribution in [-0.4, -0.2) is 16.1 Å². The van der Waals surface area contributed by atoms with Crippen molar-refractivity contribution in [3.8, 4) is 5.69 Å². The first-order chi connectivity index (χ1) is 11.6. The van der Waals surface area contributed by atoms with E-state index >= 15 is 0 Å². The van der Waals surface area contributed by atoms with Gasteiger partial charge in [-0.3, -0.25) is 4.57 Å². The second-order valence-corrected chi connectivity index (χ2v) is 6.48. The van der Waals surface area contributed by atoms with Crippen LogP contribution in [0.4, 0.5) is 10.2 Å². The Kier molecular flexibility index (Phi) is 3.73. The fraction of sp³-hybridized carbons (Fsp3) is 0.222. The summed E-state index contributed by atoms with van der Waals surface area (Å²) in [7, 11) is 0. The number of benzene rings is 2. The highest BCUT2D eigenvalue weighted by Gasteiger charge is 2.22. The molecule has 3 aromatic rings. The molecule has 4 nitrogen and oxygen atoms in total. The molecule has 0 radical (unpaired) electrons. The van der Waals surface area contributed by atoms with E-state index in [1.54, 1.807) is 24.3 Å². The van der Waals surface area contributed by atoms with Crippen LogP contribution >= 0.6 is 11.6 Å². The molecular formula is C18H15ClFN3O. The Bertz CT molecular complexity index is 982. The average molecular weight is 344 g/mol. The molecule has 1 saturated carbocycles. The second kappa shape index (κ2) is 5.91. The minimum absolute atomic E-state index is 0.412. The van der Waals surface area contributed by atoms with Crippen LogP contribution in [0.1, 0.15) is 12.8 Å². The van der Waals surface area contributed by atoms with Crippen LogP contribution in [0, 0.1) is 11.7 Å². The first-order valence-corrected chi connectivity index (χ1v) is 8.22. The third-order valence-electron chi connectivity index (χ3n) is 4.18. The van der Waals surface area contributed by atoms with Crippen LogP contribution in [0.3, 0.4) is 0 Å². The molecule has 1 N–H and O–H groups in total. The summed E-state index contributed by atoms with van der Waals surface area (Å²) < 4.78 is 15.0. The van der Waals surface area contributed by atoms with E-state index in [2.05, 4.69) is 10.3 Å². The maximum Gasteiger partial charge on any atom is 0.354 e. The van der Waals surface area contributed by atoms with Gasteiger partial charge in [-0.1, -0.05) is 17.7 Å². The van der Waals surface area contributed by atoms with Crippen LogP contribution in [0.25, 0.3) is 16.6 Å². The van der Waals surface area contributed by atoms with Gasteiger partial charge in [-0.2, -0.15) is 4.98 Å². The predicted molar refractivity (Wildman–Crippen MR) is 93.5 cm³/mol. The van der Waals surface area contributed by atoms with E-state index in [-0.39, 0.29) is 0 Å². The fourth-order valence-electron chi connectivity index (χ4n) is 2.76. The van der Waals surface area contributed by atoms with Crippen molar-refractivity contribution < 1.29 is 4.39 Å². The van der Waals surface area contributed by atoms with Gasteiger partial charge in [0.25, 0.3) is 0 Å². The monoisotopic (exact) mass is 343 g/mol. The average Bonchev–Trinajstić information content (AvgIpc) is 3.36. The highest BCUT2D eigenvalue weighted by molar-refractivity contribution is 6.31. The number of hydrogen-bond acceptors (Lipinski definition) is 3. The van der Waals surface area contributed by atoms with E-state index in [9.17, 15) is 9.18 Å². The molecule has 0 amide bonds. The Balaban J connectivity index is 1.93.